The molecule has 0 radical (unpaired) electrons. The summed E-state index contributed by atoms with van der Waals surface area (Å²) in [5.41, 5.74) is 1.75. The van der Waals surface area contributed by atoms with Gasteiger partial charge in [0.2, 0.25) is 5.13 Å². The summed E-state index contributed by atoms with van der Waals surface area (Å²) in [6.07, 6.45) is 1.90. The molecule has 0 spiro atoms. The number of benzene rings is 1. The molecular formula is C15H14N4OS. The van der Waals surface area contributed by atoms with Gasteiger partial charge in [0.25, 0.3) is 5.91 Å². The van der Waals surface area contributed by atoms with E-state index in [4.69, 9.17) is 0 Å². The molecular weight excluding hydrogens is 284 g/mol. The Balaban J connectivity index is 1.77. The average Bonchev–Trinajstić information content (AvgIpc) is 3.09. The molecule has 0 bridgehead atoms. The molecule has 0 unspecified atom stereocenters. The number of nitrogens with zero attached hydrogens (tertiary/aromatic N) is 3. The molecule has 0 fully saturated rings. The highest BCUT2D eigenvalue weighted by atomic mass is 32.1. The van der Waals surface area contributed by atoms with Gasteiger partial charge in [-0.25, -0.2) is 0 Å². The van der Waals surface area contributed by atoms with E-state index in [1.807, 2.05) is 54.1 Å². The van der Waals surface area contributed by atoms with E-state index in [2.05, 4.69) is 15.5 Å². The van der Waals surface area contributed by atoms with Crippen LogP contribution in [0.1, 0.15) is 21.1 Å². The topological polar surface area (TPSA) is 59.8 Å². The smallest absolute Gasteiger partial charge is 0.274 e. The standard InChI is InChI=1S/C15H14N4OS/c1-11-17-18-15(21-11)16-14(20)13-8-5-9-19(13)10-12-6-3-2-4-7-12/h2-9H,10H2,1H3,(H,16,18,20). The maximum Gasteiger partial charge on any atom is 0.274 e. The molecule has 1 aromatic carbocycles. The molecule has 0 atom stereocenters. The molecule has 3 rings (SSSR count). The number of amides is 1. The zero-order chi connectivity index (χ0) is 14.7. The van der Waals surface area contributed by atoms with Crippen LogP contribution in [-0.2, 0) is 6.54 Å². The summed E-state index contributed by atoms with van der Waals surface area (Å²) in [5, 5.41) is 11.9. The second kappa shape index (κ2) is 5.88. The summed E-state index contributed by atoms with van der Waals surface area (Å²) in [5.74, 6) is -0.174. The normalized spacial score (nSPS) is 10.5. The first-order chi connectivity index (χ1) is 10.2. The minimum atomic E-state index is -0.174. The molecule has 1 N–H and O–H groups in total. The summed E-state index contributed by atoms with van der Waals surface area (Å²) >= 11 is 1.36. The molecule has 0 aliphatic carbocycles. The van der Waals surface area contributed by atoms with Gasteiger partial charge in [-0.15, -0.1) is 10.2 Å². The number of carbonyl (C=O) groups excluding carboxylic acids is 1. The van der Waals surface area contributed by atoms with Crippen molar-refractivity contribution in [2.75, 3.05) is 5.32 Å². The van der Waals surface area contributed by atoms with Crippen LogP contribution < -0.4 is 5.32 Å². The lowest BCUT2D eigenvalue weighted by Crippen LogP contribution is -2.17. The van der Waals surface area contributed by atoms with E-state index in [9.17, 15) is 4.79 Å². The van der Waals surface area contributed by atoms with Crippen molar-refractivity contribution < 1.29 is 4.79 Å². The minimum Gasteiger partial charge on any atom is -0.339 e. The van der Waals surface area contributed by atoms with Crippen LogP contribution in [0.3, 0.4) is 0 Å². The third kappa shape index (κ3) is 3.17. The fourth-order valence-corrected chi connectivity index (χ4v) is 2.63. The fraction of sp³-hybridized carbons (Fsp3) is 0.133. The summed E-state index contributed by atoms with van der Waals surface area (Å²) in [6, 6.07) is 13.7. The molecule has 2 aromatic heterocycles. The van der Waals surface area contributed by atoms with Crippen molar-refractivity contribution in [3.8, 4) is 0 Å². The molecule has 5 nitrogen and oxygen atoms in total. The summed E-state index contributed by atoms with van der Waals surface area (Å²) < 4.78 is 1.92. The number of hydrogen-bond donors (Lipinski definition) is 1. The molecule has 0 saturated heterocycles. The number of aromatic nitrogens is 3. The third-order valence-electron chi connectivity index (χ3n) is 3.00. The predicted molar refractivity (Wildman–Crippen MR) is 82.6 cm³/mol. The molecule has 6 heteroatoms. The Hall–Kier alpha value is -2.47. The summed E-state index contributed by atoms with van der Waals surface area (Å²) in [6.45, 7) is 2.51. The highest BCUT2D eigenvalue weighted by Crippen LogP contribution is 2.15. The van der Waals surface area contributed by atoms with E-state index in [-0.39, 0.29) is 5.91 Å². The van der Waals surface area contributed by atoms with E-state index in [1.54, 1.807) is 6.07 Å². The van der Waals surface area contributed by atoms with E-state index >= 15 is 0 Å². The maximum atomic E-state index is 12.3. The van der Waals surface area contributed by atoms with Crippen LogP contribution in [0.4, 0.5) is 5.13 Å². The first kappa shape index (κ1) is 13.5. The average molecular weight is 298 g/mol. The van der Waals surface area contributed by atoms with Crippen LogP contribution in [0.15, 0.2) is 48.7 Å². The first-order valence-electron chi connectivity index (χ1n) is 6.53. The molecule has 0 aliphatic heterocycles. The number of carbonyl (C=O) groups is 1. The van der Waals surface area contributed by atoms with Crippen LogP contribution >= 0.6 is 11.3 Å². The molecule has 2 heterocycles. The largest absolute Gasteiger partial charge is 0.339 e. The van der Waals surface area contributed by atoms with Crippen molar-refractivity contribution in [3.05, 3.63) is 64.9 Å². The van der Waals surface area contributed by atoms with Gasteiger partial charge >= 0.3 is 0 Å². The Morgan fingerprint density at radius 2 is 2.00 bits per heavy atom. The number of hydrogen-bond acceptors (Lipinski definition) is 4. The van der Waals surface area contributed by atoms with Crippen LogP contribution in [0, 0.1) is 6.92 Å². The highest BCUT2D eigenvalue weighted by molar-refractivity contribution is 7.15. The van der Waals surface area contributed by atoms with Gasteiger partial charge in [0, 0.05) is 12.7 Å². The lowest BCUT2D eigenvalue weighted by atomic mass is 10.2. The molecule has 21 heavy (non-hydrogen) atoms. The number of rotatable bonds is 4. The van der Waals surface area contributed by atoms with Gasteiger partial charge < -0.3 is 4.57 Å². The van der Waals surface area contributed by atoms with Crippen molar-refractivity contribution in [2.45, 2.75) is 13.5 Å². The van der Waals surface area contributed by atoms with Gasteiger partial charge in [-0.1, -0.05) is 41.7 Å². The Labute approximate surface area is 126 Å². The predicted octanol–water partition coefficient (Wildman–Crippen LogP) is 2.95. The van der Waals surface area contributed by atoms with Crippen molar-refractivity contribution >= 4 is 22.4 Å². The van der Waals surface area contributed by atoms with Crippen molar-refractivity contribution in [1.82, 2.24) is 14.8 Å². The highest BCUT2D eigenvalue weighted by Gasteiger charge is 2.13. The Bertz CT molecular complexity index is 748. The lowest BCUT2D eigenvalue weighted by Gasteiger charge is -2.08. The lowest BCUT2D eigenvalue weighted by molar-refractivity contribution is 0.101. The Morgan fingerprint density at radius 1 is 1.19 bits per heavy atom. The van der Waals surface area contributed by atoms with Gasteiger partial charge in [-0.05, 0) is 24.6 Å². The number of aryl methyl sites for hydroxylation is 1. The van der Waals surface area contributed by atoms with E-state index < -0.39 is 0 Å². The van der Waals surface area contributed by atoms with Crippen LogP contribution in [-0.4, -0.2) is 20.7 Å². The maximum absolute atomic E-state index is 12.3. The quantitative estimate of drug-likeness (QED) is 0.805. The Kier molecular flexibility index (Phi) is 3.79. The zero-order valence-corrected chi connectivity index (χ0v) is 12.3. The van der Waals surface area contributed by atoms with Crippen molar-refractivity contribution in [2.24, 2.45) is 0 Å². The van der Waals surface area contributed by atoms with Crippen molar-refractivity contribution in [3.63, 3.8) is 0 Å². The molecule has 1 amide bonds. The van der Waals surface area contributed by atoms with E-state index in [0.717, 1.165) is 10.6 Å². The minimum absolute atomic E-state index is 0.174. The Morgan fingerprint density at radius 3 is 2.71 bits per heavy atom. The van der Waals surface area contributed by atoms with Crippen LogP contribution in [0.2, 0.25) is 0 Å². The van der Waals surface area contributed by atoms with Crippen LogP contribution in [0.5, 0.6) is 0 Å². The molecule has 0 saturated carbocycles. The van der Waals surface area contributed by atoms with Crippen molar-refractivity contribution in [1.29, 1.82) is 0 Å². The second-order valence-electron chi connectivity index (χ2n) is 4.59. The van der Waals surface area contributed by atoms with Gasteiger partial charge in [0.05, 0.1) is 0 Å². The fourth-order valence-electron chi connectivity index (χ4n) is 2.05. The first-order valence-corrected chi connectivity index (χ1v) is 7.34. The zero-order valence-electron chi connectivity index (χ0n) is 11.5. The van der Waals surface area contributed by atoms with Gasteiger partial charge in [0.1, 0.15) is 10.7 Å². The molecule has 106 valence electrons. The third-order valence-corrected chi connectivity index (χ3v) is 3.76. The van der Waals surface area contributed by atoms with Gasteiger partial charge in [0.15, 0.2) is 0 Å². The SMILES string of the molecule is Cc1nnc(NC(=O)c2cccn2Cc2ccccc2)s1. The van der Waals surface area contributed by atoms with E-state index in [0.29, 0.717) is 17.4 Å². The second-order valence-corrected chi connectivity index (χ2v) is 5.77. The monoisotopic (exact) mass is 298 g/mol. The van der Waals surface area contributed by atoms with Gasteiger partial charge in [-0.2, -0.15) is 0 Å². The number of anilines is 1. The summed E-state index contributed by atoms with van der Waals surface area (Å²) in [4.78, 5) is 12.3. The van der Waals surface area contributed by atoms with Gasteiger partial charge in [-0.3, -0.25) is 10.1 Å². The summed E-state index contributed by atoms with van der Waals surface area (Å²) in [7, 11) is 0. The molecule has 0 aliphatic rings. The van der Waals surface area contributed by atoms with E-state index in [1.165, 1.54) is 11.3 Å². The number of nitrogens with one attached hydrogen (secondary N) is 1. The van der Waals surface area contributed by atoms with Crippen LogP contribution in [0.25, 0.3) is 0 Å². The molecule has 3 aromatic rings.